The van der Waals surface area contributed by atoms with Gasteiger partial charge in [0.2, 0.25) is 0 Å². The quantitative estimate of drug-likeness (QED) is 0.758. The van der Waals surface area contributed by atoms with E-state index in [9.17, 15) is 0 Å². The molecule has 0 aliphatic carbocycles. The number of pyridine rings is 1. The van der Waals surface area contributed by atoms with Crippen molar-refractivity contribution < 1.29 is 0 Å². The van der Waals surface area contributed by atoms with Gasteiger partial charge in [-0.3, -0.25) is 4.90 Å². The lowest BCUT2D eigenvalue weighted by molar-refractivity contribution is 0.206. The topological polar surface area (TPSA) is 84.4 Å². The smallest absolute Gasteiger partial charge is 0.159 e. The summed E-state index contributed by atoms with van der Waals surface area (Å²) >= 11 is 0. The molecule has 1 aliphatic heterocycles. The summed E-state index contributed by atoms with van der Waals surface area (Å²) in [5.74, 6) is 1.57. The molecule has 4 heterocycles. The molecule has 0 saturated carbocycles. The summed E-state index contributed by atoms with van der Waals surface area (Å²) in [5, 5.41) is 7.67. The molecule has 25 heavy (non-hydrogen) atoms. The van der Waals surface area contributed by atoms with Crippen LogP contribution in [0.3, 0.4) is 0 Å². The average molecular weight is 337 g/mol. The number of piperidine rings is 1. The maximum absolute atomic E-state index is 6.02. The maximum atomic E-state index is 6.02. The average Bonchev–Trinajstić information content (AvgIpc) is 3.01. The minimum Gasteiger partial charge on any atom is -0.328 e. The molecule has 7 heteroatoms. The molecular weight excluding hydrogens is 314 g/mol. The van der Waals surface area contributed by atoms with E-state index in [2.05, 4.69) is 31.3 Å². The minimum atomic E-state index is 0.343. The zero-order chi connectivity index (χ0) is 17.2. The Kier molecular flexibility index (Phi) is 4.33. The fourth-order valence-electron chi connectivity index (χ4n) is 3.32. The van der Waals surface area contributed by atoms with Crippen molar-refractivity contribution in [1.29, 1.82) is 0 Å². The number of nitrogens with two attached hydrogens (primary N) is 1. The third-order valence-corrected chi connectivity index (χ3v) is 4.70. The van der Waals surface area contributed by atoms with E-state index in [1.54, 1.807) is 6.33 Å². The molecule has 0 unspecified atom stereocenters. The summed E-state index contributed by atoms with van der Waals surface area (Å²) in [6.45, 7) is 4.93. The van der Waals surface area contributed by atoms with Crippen LogP contribution < -0.4 is 11.1 Å². The van der Waals surface area contributed by atoms with Crippen molar-refractivity contribution >= 4 is 17.2 Å². The first-order valence-electron chi connectivity index (χ1n) is 8.69. The van der Waals surface area contributed by atoms with E-state index < -0.39 is 0 Å². The van der Waals surface area contributed by atoms with Crippen molar-refractivity contribution in [2.45, 2.75) is 32.4 Å². The summed E-state index contributed by atoms with van der Waals surface area (Å²) in [6, 6.07) is 8.37. The van der Waals surface area contributed by atoms with Gasteiger partial charge in [-0.05, 0) is 56.6 Å². The molecule has 130 valence electrons. The Morgan fingerprint density at radius 3 is 2.88 bits per heavy atom. The molecule has 4 rings (SSSR count). The monoisotopic (exact) mass is 337 g/mol. The molecule has 0 atom stereocenters. The summed E-state index contributed by atoms with van der Waals surface area (Å²) in [7, 11) is 0. The van der Waals surface area contributed by atoms with E-state index in [0.29, 0.717) is 6.04 Å². The Balaban J connectivity index is 1.62. The Morgan fingerprint density at radius 2 is 2.08 bits per heavy atom. The molecule has 0 radical (unpaired) electrons. The number of nitrogens with zero attached hydrogens (tertiary/aromatic N) is 5. The second-order valence-corrected chi connectivity index (χ2v) is 6.65. The third-order valence-electron chi connectivity index (χ3n) is 4.70. The van der Waals surface area contributed by atoms with Gasteiger partial charge >= 0.3 is 0 Å². The van der Waals surface area contributed by atoms with E-state index in [1.807, 2.05) is 35.8 Å². The molecule has 0 spiro atoms. The lowest BCUT2D eigenvalue weighted by Gasteiger charge is -2.29. The molecule has 1 aliphatic rings. The lowest BCUT2D eigenvalue weighted by Crippen LogP contribution is -2.39. The first kappa shape index (κ1) is 16.0. The molecule has 0 bridgehead atoms. The zero-order valence-corrected chi connectivity index (χ0v) is 14.4. The highest BCUT2D eigenvalue weighted by atomic mass is 15.3. The Labute approximate surface area is 146 Å². The zero-order valence-electron chi connectivity index (χ0n) is 14.4. The standard InChI is InChI=1S/C18H23N7/c1-13-3-2-4-16(22-13)23-18-17-14(5-10-25(17)21-12-20-18)11-24-8-6-15(19)7-9-24/h2-5,10,12,15H,6-9,11,19H2,1H3,(H,20,21,22,23). The van der Waals surface area contributed by atoms with Crippen molar-refractivity contribution in [1.82, 2.24) is 24.5 Å². The van der Waals surface area contributed by atoms with Crippen LogP contribution in [0.5, 0.6) is 0 Å². The largest absolute Gasteiger partial charge is 0.328 e. The highest BCUT2D eigenvalue weighted by molar-refractivity contribution is 5.75. The predicted molar refractivity (Wildman–Crippen MR) is 97.7 cm³/mol. The second-order valence-electron chi connectivity index (χ2n) is 6.65. The van der Waals surface area contributed by atoms with E-state index >= 15 is 0 Å². The van der Waals surface area contributed by atoms with Gasteiger partial charge in [0.15, 0.2) is 5.82 Å². The van der Waals surface area contributed by atoms with Crippen LogP contribution in [-0.2, 0) is 6.54 Å². The van der Waals surface area contributed by atoms with Crippen LogP contribution in [0.2, 0.25) is 0 Å². The van der Waals surface area contributed by atoms with Crippen molar-refractivity contribution in [2.75, 3.05) is 18.4 Å². The van der Waals surface area contributed by atoms with Gasteiger partial charge in [-0.1, -0.05) is 6.07 Å². The van der Waals surface area contributed by atoms with E-state index in [0.717, 1.165) is 55.3 Å². The summed E-state index contributed by atoms with van der Waals surface area (Å²) in [6.07, 6.45) is 5.66. The van der Waals surface area contributed by atoms with E-state index in [1.165, 1.54) is 5.56 Å². The SMILES string of the molecule is Cc1cccc(Nc2ncnn3ccc(CN4CCC(N)CC4)c23)n1. The van der Waals surface area contributed by atoms with Gasteiger partial charge in [-0.2, -0.15) is 5.10 Å². The van der Waals surface area contributed by atoms with Crippen molar-refractivity contribution in [3.05, 3.63) is 48.0 Å². The third kappa shape index (κ3) is 3.47. The molecule has 3 aromatic rings. The normalized spacial score (nSPS) is 16.4. The molecule has 1 saturated heterocycles. The number of likely N-dealkylation sites (tertiary alicyclic amines) is 1. The first-order chi connectivity index (χ1) is 12.2. The Bertz CT molecular complexity index is 865. The number of rotatable bonds is 4. The van der Waals surface area contributed by atoms with E-state index in [-0.39, 0.29) is 0 Å². The van der Waals surface area contributed by atoms with Gasteiger partial charge < -0.3 is 11.1 Å². The van der Waals surface area contributed by atoms with Crippen LogP contribution in [0.1, 0.15) is 24.1 Å². The number of anilines is 2. The van der Waals surface area contributed by atoms with Crippen LogP contribution >= 0.6 is 0 Å². The van der Waals surface area contributed by atoms with Gasteiger partial charge in [0.05, 0.1) is 0 Å². The lowest BCUT2D eigenvalue weighted by atomic mass is 10.1. The predicted octanol–water partition coefficient (Wildman–Crippen LogP) is 2.10. The number of aryl methyl sites for hydroxylation is 1. The second kappa shape index (κ2) is 6.78. The summed E-state index contributed by atoms with van der Waals surface area (Å²) in [4.78, 5) is 11.4. The molecule has 0 amide bonds. The van der Waals surface area contributed by atoms with Crippen LogP contribution in [-0.4, -0.2) is 43.6 Å². The number of aromatic nitrogens is 4. The number of hydrogen-bond acceptors (Lipinski definition) is 6. The van der Waals surface area contributed by atoms with Crippen LogP contribution in [0.15, 0.2) is 36.8 Å². The highest BCUT2D eigenvalue weighted by Gasteiger charge is 2.18. The summed E-state index contributed by atoms with van der Waals surface area (Å²) < 4.78 is 1.87. The minimum absolute atomic E-state index is 0.343. The van der Waals surface area contributed by atoms with Gasteiger partial charge in [0.1, 0.15) is 17.7 Å². The fraction of sp³-hybridized carbons (Fsp3) is 0.389. The Morgan fingerprint density at radius 1 is 1.24 bits per heavy atom. The van der Waals surface area contributed by atoms with Crippen LogP contribution in [0.4, 0.5) is 11.6 Å². The first-order valence-corrected chi connectivity index (χ1v) is 8.69. The molecule has 3 aromatic heterocycles. The molecule has 1 fully saturated rings. The number of fused-ring (bicyclic) bond motifs is 1. The Hall–Kier alpha value is -2.51. The van der Waals surface area contributed by atoms with Crippen molar-refractivity contribution in [2.24, 2.45) is 5.73 Å². The number of hydrogen-bond donors (Lipinski definition) is 2. The van der Waals surface area contributed by atoms with Crippen LogP contribution in [0.25, 0.3) is 5.52 Å². The van der Waals surface area contributed by atoms with Gasteiger partial charge in [-0.15, -0.1) is 0 Å². The maximum Gasteiger partial charge on any atom is 0.159 e. The van der Waals surface area contributed by atoms with Crippen molar-refractivity contribution in [3.8, 4) is 0 Å². The summed E-state index contributed by atoms with van der Waals surface area (Å²) in [5.41, 5.74) is 9.20. The van der Waals surface area contributed by atoms with E-state index in [4.69, 9.17) is 5.73 Å². The van der Waals surface area contributed by atoms with Crippen LogP contribution in [0, 0.1) is 6.92 Å². The van der Waals surface area contributed by atoms with Crippen molar-refractivity contribution in [3.63, 3.8) is 0 Å². The number of nitrogens with one attached hydrogen (secondary N) is 1. The molecular formula is C18H23N7. The molecule has 7 nitrogen and oxygen atoms in total. The van der Waals surface area contributed by atoms with Gasteiger partial charge in [0.25, 0.3) is 0 Å². The molecule has 0 aromatic carbocycles. The molecule has 3 N–H and O–H groups in total. The highest BCUT2D eigenvalue weighted by Crippen LogP contribution is 2.24. The fourth-order valence-corrected chi connectivity index (χ4v) is 3.32. The van der Waals surface area contributed by atoms with Gasteiger partial charge in [0, 0.05) is 24.5 Å². The van der Waals surface area contributed by atoms with Gasteiger partial charge in [-0.25, -0.2) is 14.5 Å².